The molecule has 4 nitrogen and oxygen atoms in total. The highest BCUT2D eigenvalue weighted by molar-refractivity contribution is 6.16. The Balaban J connectivity index is 2.20. The molecule has 0 amide bonds. The number of allylic oxidation sites excluding steroid dienone is 1. The Hall–Kier alpha value is -3.14. The summed E-state index contributed by atoms with van der Waals surface area (Å²) in [4.78, 5) is 0. The first-order valence-corrected chi connectivity index (χ1v) is 10.2. The van der Waals surface area contributed by atoms with Crippen molar-refractivity contribution in [2.24, 2.45) is 0 Å². The van der Waals surface area contributed by atoms with Gasteiger partial charge in [0.1, 0.15) is 0 Å². The number of hydrogen-bond acceptors (Lipinski definition) is 4. The maximum atomic E-state index is 5.62. The topological polar surface area (TPSA) is 36.9 Å². The lowest BCUT2D eigenvalue weighted by Crippen LogP contribution is -1.96. The largest absolute Gasteiger partial charge is 0.493 e. The van der Waals surface area contributed by atoms with Crippen LogP contribution in [0.4, 0.5) is 0 Å². The van der Waals surface area contributed by atoms with Crippen LogP contribution in [0.3, 0.4) is 0 Å². The zero-order valence-electron chi connectivity index (χ0n) is 18.1. The molecule has 0 saturated heterocycles. The Morgan fingerprint density at radius 2 is 1.03 bits per heavy atom. The summed E-state index contributed by atoms with van der Waals surface area (Å²) in [7, 11) is 6.65. The quantitative estimate of drug-likeness (QED) is 0.432. The molecule has 0 bridgehead atoms. The normalized spacial score (nSPS) is 13.5. The molecule has 0 N–H and O–H groups in total. The summed E-state index contributed by atoms with van der Waals surface area (Å²) < 4.78 is 22.4. The van der Waals surface area contributed by atoms with E-state index in [-0.39, 0.29) is 0 Å². The van der Waals surface area contributed by atoms with E-state index in [1.165, 1.54) is 18.4 Å². The smallest absolute Gasteiger partial charge is 0.161 e. The van der Waals surface area contributed by atoms with E-state index in [1.54, 1.807) is 28.4 Å². The zero-order chi connectivity index (χ0) is 21.3. The minimum Gasteiger partial charge on any atom is -0.493 e. The van der Waals surface area contributed by atoms with Gasteiger partial charge in [0.15, 0.2) is 23.0 Å². The first-order chi connectivity index (χ1) is 14.6. The summed E-state index contributed by atoms with van der Waals surface area (Å²) in [6.07, 6.45) is 9.08. The standard InChI is InChI=1S/C26H28O4/c1-6-17-18(11-16-9-7-8-10-16)20-13-24(28-3)26(30-5)15-22(20)21-14-25(29-4)23(27-2)12-19(17)21/h6,11-15H,1,7-10H2,2-5H3. The van der Waals surface area contributed by atoms with Crippen molar-refractivity contribution in [3.8, 4) is 23.0 Å². The lowest BCUT2D eigenvalue weighted by molar-refractivity contribution is 0.355. The van der Waals surface area contributed by atoms with Gasteiger partial charge in [-0.15, -0.1) is 0 Å². The van der Waals surface area contributed by atoms with E-state index in [0.717, 1.165) is 45.5 Å². The fourth-order valence-electron chi connectivity index (χ4n) is 4.49. The minimum atomic E-state index is 0.693. The van der Waals surface area contributed by atoms with Crippen LogP contribution in [-0.4, -0.2) is 28.4 Å². The van der Waals surface area contributed by atoms with Crippen LogP contribution in [-0.2, 0) is 0 Å². The molecular weight excluding hydrogens is 376 g/mol. The van der Waals surface area contributed by atoms with E-state index in [9.17, 15) is 0 Å². The van der Waals surface area contributed by atoms with Gasteiger partial charge in [-0.1, -0.05) is 24.3 Å². The Kier molecular flexibility index (Phi) is 5.58. The van der Waals surface area contributed by atoms with E-state index in [4.69, 9.17) is 18.9 Å². The Bertz CT molecular complexity index is 1150. The first kappa shape index (κ1) is 20.1. The lowest BCUT2D eigenvalue weighted by Gasteiger charge is -2.18. The van der Waals surface area contributed by atoms with Crippen LogP contribution in [0.25, 0.3) is 33.7 Å². The van der Waals surface area contributed by atoms with Crippen molar-refractivity contribution < 1.29 is 18.9 Å². The Labute approximate surface area is 177 Å². The molecule has 0 aliphatic heterocycles. The molecule has 1 aliphatic rings. The molecular formula is C26H28O4. The number of methoxy groups -OCH3 is 4. The van der Waals surface area contributed by atoms with Crippen LogP contribution >= 0.6 is 0 Å². The molecule has 0 unspecified atom stereocenters. The van der Waals surface area contributed by atoms with Crippen LogP contribution in [0.1, 0.15) is 36.8 Å². The van der Waals surface area contributed by atoms with Gasteiger partial charge in [0, 0.05) is 0 Å². The zero-order valence-corrected chi connectivity index (χ0v) is 18.1. The SMILES string of the molecule is C=Cc1c(C=C2CCCC2)c2cc(OC)c(OC)cc2c2cc(OC)c(OC)cc12. The molecule has 1 aliphatic carbocycles. The van der Waals surface area contributed by atoms with Gasteiger partial charge < -0.3 is 18.9 Å². The van der Waals surface area contributed by atoms with Crippen molar-refractivity contribution in [1.82, 2.24) is 0 Å². The number of hydrogen-bond donors (Lipinski definition) is 0. The fourth-order valence-corrected chi connectivity index (χ4v) is 4.49. The van der Waals surface area contributed by atoms with Gasteiger partial charge in [0.05, 0.1) is 28.4 Å². The second kappa shape index (κ2) is 8.31. The molecule has 30 heavy (non-hydrogen) atoms. The summed E-state index contributed by atoms with van der Waals surface area (Å²) in [6.45, 7) is 4.14. The summed E-state index contributed by atoms with van der Waals surface area (Å²) in [5.41, 5.74) is 3.73. The first-order valence-electron chi connectivity index (χ1n) is 10.2. The molecule has 4 heteroatoms. The number of fused-ring (bicyclic) bond motifs is 3. The van der Waals surface area contributed by atoms with Crippen molar-refractivity contribution >= 4 is 33.7 Å². The fraction of sp³-hybridized carbons (Fsp3) is 0.308. The molecule has 1 fully saturated rings. The van der Waals surface area contributed by atoms with Gasteiger partial charge in [-0.3, -0.25) is 0 Å². The molecule has 1 saturated carbocycles. The molecule has 0 radical (unpaired) electrons. The van der Waals surface area contributed by atoms with Crippen molar-refractivity contribution in [1.29, 1.82) is 0 Å². The van der Waals surface area contributed by atoms with Crippen LogP contribution in [0.5, 0.6) is 23.0 Å². The maximum Gasteiger partial charge on any atom is 0.161 e. The van der Waals surface area contributed by atoms with E-state index >= 15 is 0 Å². The van der Waals surface area contributed by atoms with E-state index in [1.807, 2.05) is 24.3 Å². The predicted octanol–water partition coefficient (Wildman–Crippen LogP) is 6.63. The van der Waals surface area contributed by atoms with Gasteiger partial charge in [0.2, 0.25) is 0 Å². The molecule has 0 atom stereocenters. The lowest BCUT2D eigenvalue weighted by atomic mass is 9.89. The van der Waals surface area contributed by atoms with E-state index < -0.39 is 0 Å². The molecule has 3 aromatic rings. The highest BCUT2D eigenvalue weighted by atomic mass is 16.5. The second-order valence-corrected chi connectivity index (χ2v) is 7.55. The predicted molar refractivity (Wildman–Crippen MR) is 124 cm³/mol. The molecule has 0 heterocycles. The highest BCUT2D eigenvalue weighted by Crippen LogP contribution is 2.44. The van der Waals surface area contributed by atoms with Crippen molar-refractivity contribution in [2.45, 2.75) is 25.7 Å². The molecule has 3 aromatic carbocycles. The molecule has 156 valence electrons. The van der Waals surface area contributed by atoms with Gasteiger partial charge in [-0.05, 0) is 82.6 Å². The second-order valence-electron chi connectivity index (χ2n) is 7.55. The van der Waals surface area contributed by atoms with Crippen molar-refractivity contribution in [3.63, 3.8) is 0 Å². The van der Waals surface area contributed by atoms with Crippen LogP contribution in [0.2, 0.25) is 0 Å². The monoisotopic (exact) mass is 404 g/mol. The number of rotatable bonds is 6. The minimum absolute atomic E-state index is 0.693. The van der Waals surface area contributed by atoms with Crippen LogP contribution in [0.15, 0.2) is 36.4 Å². The molecule has 0 spiro atoms. The third-order valence-corrected chi connectivity index (χ3v) is 6.01. The molecule has 0 aromatic heterocycles. The summed E-state index contributed by atoms with van der Waals surface area (Å²) in [6, 6.07) is 8.19. The van der Waals surface area contributed by atoms with Crippen LogP contribution < -0.4 is 18.9 Å². The van der Waals surface area contributed by atoms with Crippen molar-refractivity contribution in [2.75, 3.05) is 28.4 Å². The third kappa shape index (κ3) is 3.26. The van der Waals surface area contributed by atoms with Gasteiger partial charge >= 0.3 is 0 Å². The Morgan fingerprint density at radius 1 is 0.633 bits per heavy atom. The van der Waals surface area contributed by atoms with Gasteiger partial charge in [-0.25, -0.2) is 0 Å². The van der Waals surface area contributed by atoms with Crippen LogP contribution in [0, 0.1) is 0 Å². The van der Waals surface area contributed by atoms with Gasteiger partial charge in [-0.2, -0.15) is 0 Å². The summed E-state index contributed by atoms with van der Waals surface area (Å²) in [5.74, 6) is 2.81. The van der Waals surface area contributed by atoms with Crippen molar-refractivity contribution in [3.05, 3.63) is 47.5 Å². The average molecular weight is 405 g/mol. The number of ether oxygens (including phenoxy) is 4. The van der Waals surface area contributed by atoms with E-state index in [2.05, 4.69) is 18.7 Å². The summed E-state index contributed by atoms with van der Waals surface area (Å²) >= 11 is 0. The number of benzene rings is 3. The highest BCUT2D eigenvalue weighted by Gasteiger charge is 2.19. The average Bonchev–Trinajstić information content (AvgIpc) is 3.30. The van der Waals surface area contributed by atoms with Gasteiger partial charge in [0.25, 0.3) is 0 Å². The molecule has 4 rings (SSSR count). The Morgan fingerprint density at radius 3 is 1.43 bits per heavy atom. The summed E-state index contributed by atoms with van der Waals surface area (Å²) in [5, 5.41) is 4.33. The van der Waals surface area contributed by atoms with E-state index in [0.29, 0.717) is 23.0 Å². The maximum absolute atomic E-state index is 5.62. The third-order valence-electron chi connectivity index (χ3n) is 6.01.